The Bertz CT molecular complexity index is 873. The highest BCUT2D eigenvalue weighted by atomic mass is 32.2. The number of thioether (sulfide) groups is 1. The van der Waals surface area contributed by atoms with Gasteiger partial charge in [0.15, 0.2) is 0 Å². The molecule has 4 rings (SSSR count). The fraction of sp³-hybridized carbons (Fsp3) is 0.640. The molecule has 0 saturated carbocycles. The van der Waals surface area contributed by atoms with Gasteiger partial charge in [-0.2, -0.15) is 0 Å². The number of imide groups is 1. The van der Waals surface area contributed by atoms with E-state index in [1.165, 1.54) is 49.6 Å². The predicted octanol–water partition coefficient (Wildman–Crippen LogP) is 4.04. The van der Waals surface area contributed by atoms with Crippen LogP contribution in [0.2, 0.25) is 0 Å². The summed E-state index contributed by atoms with van der Waals surface area (Å²) in [6, 6.07) is 8.09. The lowest BCUT2D eigenvalue weighted by molar-refractivity contribution is -0.163. The standard InChI is InChI=1S/C25H34N2O4S/c1-4-5-6-9-16-32-18-12-10-17(11-13-18)21-19-20(23(29)26(2)22(19)28)25(24(30)31-3)14-7-8-15-27(21)25/h10-13,19-21H,4-9,14-16H2,1-3H3/t19-,20-,21-,25+/m1/s1. The molecule has 3 aliphatic heterocycles. The number of carbonyl (C=O) groups is 3. The van der Waals surface area contributed by atoms with Gasteiger partial charge in [-0.25, -0.2) is 0 Å². The lowest BCUT2D eigenvalue weighted by atomic mass is 9.75. The van der Waals surface area contributed by atoms with E-state index in [0.29, 0.717) is 13.0 Å². The Kier molecular flexibility index (Phi) is 6.96. The third-order valence-electron chi connectivity index (χ3n) is 7.51. The van der Waals surface area contributed by atoms with E-state index < -0.39 is 17.4 Å². The molecule has 1 aromatic rings. The van der Waals surface area contributed by atoms with Gasteiger partial charge in [0.1, 0.15) is 5.54 Å². The van der Waals surface area contributed by atoms with Gasteiger partial charge < -0.3 is 4.74 Å². The van der Waals surface area contributed by atoms with Gasteiger partial charge >= 0.3 is 5.97 Å². The Labute approximate surface area is 195 Å². The summed E-state index contributed by atoms with van der Waals surface area (Å²) in [7, 11) is 2.92. The molecular formula is C25H34N2O4S. The number of benzene rings is 1. The number of rotatable bonds is 8. The number of piperidine rings is 1. The summed E-state index contributed by atoms with van der Waals surface area (Å²) in [4.78, 5) is 44.1. The molecule has 2 amide bonds. The molecule has 0 spiro atoms. The SMILES string of the molecule is CCCCCCSc1ccc([C@@H]2[C@@H]3C(=O)N(C)C(=O)[C@@H]3[C@]3(C(=O)OC)CCCCN23)cc1. The Hall–Kier alpha value is -1.86. The van der Waals surface area contributed by atoms with Crippen LogP contribution in [-0.4, -0.2) is 59.6 Å². The van der Waals surface area contributed by atoms with Crippen LogP contribution >= 0.6 is 11.8 Å². The van der Waals surface area contributed by atoms with Gasteiger partial charge in [-0.3, -0.25) is 24.2 Å². The highest BCUT2D eigenvalue weighted by molar-refractivity contribution is 7.99. The first kappa shape index (κ1) is 23.3. The summed E-state index contributed by atoms with van der Waals surface area (Å²) in [5.74, 6) is -0.938. The number of amides is 2. The van der Waals surface area contributed by atoms with Crippen molar-refractivity contribution in [3.63, 3.8) is 0 Å². The van der Waals surface area contributed by atoms with Crippen molar-refractivity contribution in [2.24, 2.45) is 11.8 Å². The molecule has 6 nitrogen and oxygen atoms in total. The number of ether oxygens (including phenoxy) is 1. The maximum Gasteiger partial charge on any atom is 0.327 e. The lowest BCUT2D eigenvalue weighted by Gasteiger charge is -2.44. The number of hydrogen-bond acceptors (Lipinski definition) is 6. The Balaban J connectivity index is 1.64. The number of nitrogens with zero attached hydrogens (tertiary/aromatic N) is 2. The monoisotopic (exact) mass is 458 g/mol. The van der Waals surface area contributed by atoms with Crippen LogP contribution in [0.15, 0.2) is 29.2 Å². The van der Waals surface area contributed by atoms with Crippen LogP contribution in [0.5, 0.6) is 0 Å². The topological polar surface area (TPSA) is 66.9 Å². The Morgan fingerprint density at radius 2 is 1.88 bits per heavy atom. The van der Waals surface area contributed by atoms with E-state index >= 15 is 0 Å². The van der Waals surface area contributed by atoms with Crippen molar-refractivity contribution in [1.82, 2.24) is 9.80 Å². The van der Waals surface area contributed by atoms with Gasteiger partial charge in [-0.1, -0.05) is 38.3 Å². The summed E-state index contributed by atoms with van der Waals surface area (Å²) in [6.45, 7) is 2.90. The zero-order chi connectivity index (χ0) is 22.9. The molecule has 0 aliphatic carbocycles. The van der Waals surface area contributed by atoms with Crippen molar-refractivity contribution in [2.45, 2.75) is 68.3 Å². The molecule has 0 bridgehead atoms. The van der Waals surface area contributed by atoms with E-state index in [0.717, 1.165) is 24.2 Å². The minimum absolute atomic E-state index is 0.183. The van der Waals surface area contributed by atoms with Gasteiger partial charge in [-0.15, -0.1) is 11.8 Å². The zero-order valence-corrected chi connectivity index (χ0v) is 20.2. The van der Waals surface area contributed by atoms with E-state index in [2.05, 4.69) is 36.1 Å². The van der Waals surface area contributed by atoms with Crippen LogP contribution in [0.3, 0.4) is 0 Å². The molecule has 0 radical (unpaired) electrons. The summed E-state index contributed by atoms with van der Waals surface area (Å²) < 4.78 is 5.23. The molecular weight excluding hydrogens is 424 g/mol. The minimum atomic E-state index is -1.05. The van der Waals surface area contributed by atoms with E-state index in [1.54, 1.807) is 0 Å². The second-order valence-corrected chi connectivity index (χ2v) is 10.4. The van der Waals surface area contributed by atoms with E-state index in [1.807, 2.05) is 11.8 Å². The van der Waals surface area contributed by atoms with Crippen LogP contribution in [-0.2, 0) is 19.1 Å². The van der Waals surface area contributed by atoms with Crippen LogP contribution in [0.25, 0.3) is 0 Å². The largest absolute Gasteiger partial charge is 0.468 e. The summed E-state index contributed by atoms with van der Waals surface area (Å²) in [6.07, 6.45) is 7.34. The second kappa shape index (κ2) is 9.56. The van der Waals surface area contributed by atoms with Gasteiger partial charge in [0, 0.05) is 18.0 Å². The average Bonchev–Trinajstić information content (AvgIpc) is 3.25. The van der Waals surface area contributed by atoms with Gasteiger partial charge in [0.05, 0.1) is 18.9 Å². The maximum absolute atomic E-state index is 13.2. The quantitative estimate of drug-likeness (QED) is 0.253. The Morgan fingerprint density at radius 1 is 1.12 bits per heavy atom. The lowest BCUT2D eigenvalue weighted by Crippen LogP contribution is -2.59. The number of esters is 1. The highest BCUT2D eigenvalue weighted by Crippen LogP contribution is 2.58. The molecule has 3 heterocycles. The van der Waals surface area contributed by atoms with Crippen LogP contribution in [0.1, 0.15) is 63.5 Å². The first-order valence-corrected chi connectivity index (χ1v) is 12.8. The normalized spacial score (nSPS) is 29.8. The van der Waals surface area contributed by atoms with Crippen molar-refractivity contribution < 1.29 is 19.1 Å². The highest BCUT2D eigenvalue weighted by Gasteiger charge is 2.72. The van der Waals surface area contributed by atoms with Crippen LogP contribution in [0, 0.1) is 11.8 Å². The van der Waals surface area contributed by atoms with E-state index in [-0.39, 0.29) is 23.8 Å². The summed E-state index contributed by atoms with van der Waals surface area (Å²) in [5.41, 5.74) is -0.0496. The zero-order valence-electron chi connectivity index (χ0n) is 19.3. The fourth-order valence-electron chi connectivity index (χ4n) is 5.98. The molecule has 1 aromatic carbocycles. The van der Waals surface area contributed by atoms with Crippen LogP contribution in [0.4, 0.5) is 0 Å². The van der Waals surface area contributed by atoms with Crippen molar-refractivity contribution in [3.8, 4) is 0 Å². The summed E-state index contributed by atoms with van der Waals surface area (Å²) >= 11 is 1.86. The number of fused-ring (bicyclic) bond motifs is 3. The molecule has 3 aliphatic rings. The first-order chi connectivity index (χ1) is 15.5. The number of methoxy groups -OCH3 is 1. The van der Waals surface area contributed by atoms with Crippen molar-refractivity contribution in [3.05, 3.63) is 29.8 Å². The second-order valence-electron chi connectivity index (χ2n) is 9.23. The van der Waals surface area contributed by atoms with Crippen molar-refractivity contribution in [2.75, 3.05) is 26.5 Å². The number of unbranched alkanes of at least 4 members (excludes halogenated alkanes) is 3. The number of carbonyl (C=O) groups excluding carboxylic acids is 3. The third kappa shape index (κ3) is 3.67. The molecule has 174 valence electrons. The number of likely N-dealkylation sites (tertiary alicyclic amines) is 1. The van der Waals surface area contributed by atoms with Crippen molar-refractivity contribution >= 4 is 29.5 Å². The van der Waals surface area contributed by atoms with Gasteiger partial charge in [0.2, 0.25) is 11.8 Å². The predicted molar refractivity (Wildman–Crippen MR) is 124 cm³/mol. The third-order valence-corrected chi connectivity index (χ3v) is 8.61. The molecule has 0 N–H and O–H groups in total. The summed E-state index contributed by atoms with van der Waals surface area (Å²) in [5, 5.41) is 0. The fourth-order valence-corrected chi connectivity index (χ4v) is 6.89. The average molecular weight is 459 g/mol. The molecule has 7 heteroatoms. The van der Waals surface area contributed by atoms with Gasteiger partial charge in [-0.05, 0) is 55.7 Å². The Morgan fingerprint density at radius 3 is 2.56 bits per heavy atom. The molecule has 4 atom stereocenters. The molecule has 3 saturated heterocycles. The van der Waals surface area contributed by atoms with E-state index in [9.17, 15) is 14.4 Å². The van der Waals surface area contributed by atoms with Crippen LogP contribution < -0.4 is 0 Å². The molecule has 0 aromatic heterocycles. The van der Waals surface area contributed by atoms with E-state index in [4.69, 9.17) is 4.74 Å². The molecule has 3 fully saturated rings. The smallest absolute Gasteiger partial charge is 0.327 e. The molecule has 0 unspecified atom stereocenters. The maximum atomic E-state index is 13.2. The molecule has 32 heavy (non-hydrogen) atoms. The minimum Gasteiger partial charge on any atom is -0.468 e. The number of hydrogen-bond donors (Lipinski definition) is 0. The van der Waals surface area contributed by atoms with Crippen molar-refractivity contribution in [1.29, 1.82) is 0 Å². The van der Waals surface area contributed by atoms with Gasteiger partial charge in [0.25, 0.3) is 0 Å². The first-order valence-electron chi connectivity index (χ1n) is 11.9.